The highest BCUT2D eigenvalue weighted by molar-refractivity contribution is 7.92. The van der Waals surface area contributed by atoms with E-state index in [1.165, 1.54) is 0 Å². The van der Waals surface area contributed by atoms with E-state index in [0.29, 0.717) is 23.1 Å². The number of rotatable bonds is 4. The van der Waals surface area contributed by atoms with Crippen LogP contribution in [0.15, 0.2) is 53.4 Å². The number of nitrogens with one attached hydrogen (secondary N) is 1. The molecule has 5 nitrogen and oxygen atoms in total. The predicted octanol–water partition coefficient (Wildman–Crippen LogP) is 3.91. The van der Waals surface area contributed by atoms with Gasteiger partial charge in [-0.15, -0.1) is 0 Å². The summed E-state index contributed by atoms with van der Waals surface area (Å²) in [5.41, 5.74) is 1.88. The minimum Gasteiger partial charge on any atom is -0.338 e. The smallest absolute Gasteiger partial charge is 0.261 e. The summed E-state index contributed by atoms with van der Waals surface area (Å²) in [6.07, 6.45) is 1.13. The normalized spacial score (nSPS) is 20.3. The van der Waals surface area contributed by atoms with Crippen molar-refractivity contribution in [2.45, 2.75) is 32.1 Å². The summed E-state index contributed by atoms with van der Waals surface area (Å²) in [7, 11) is -3.69. The van der Waals surface area contributed by atoms with Crippen molar-refractivity contribution in [1.82, 2.24) is 4.90 Å². The molecule has 2 aromatic carbocycles. The molecule has 1 heterocycles. The number of sulfonamides is 1. The number of benzene rings is 2. The quantitative estimate of drug-likeness (QED) is 0.866. The van der Waals surface area contributed by atoms with Crippen molar-refractivity contribution >= 4 is 21.6 Å². The lowest BCUT2D eigenvalue weighted by Crippen LogP contribution is -2.42. The molecule has 0 spiro atoms. The zero-order chi connectivity index (χ0) is 19.6. The Morgan fingerprint density at radius 2 is 1.67 bits per heavy atom. The van der Waals surface area contributed by atoms with Crippen LogP contribution in [-0.4, -0.2) is 32.3 Å². The SMILES string of the molecule is Cc1ccc(S(=O)(=O)Nc2cccc(C(=O)N3C[C@@H](C)C[C@H](C)C3)c2)cc1. The van der Waals surface area contributed by atoms with Crippen molar-refractivity contribution in [3.63, 3.8) is 0 Å². The Morgan fingerprint density at radius 3 is 2.30 bits per heavy atom. The average molecular weight is 387 g/mol. The number of aryl methyl sites for hydroxylation is 1. The first kappa shape index (κ1) is 19.4. The van der Waals surface area contributed by atoms with Gasteiger partial charge in [0.05, 0.1) is 4.90 Å². The van der Waals surface area contributed by atoms with E-state index in [1.807, 2.05) is 11.8 Å². The van der Waals surface area contributed by atoms with E-state index in [2.05, 4.69) is 18.6 Å². The molecule has 6 heteroatoms. The van der Waals surface area contributed by atoms with Crippen molar-refractivity contribution < 1.29 is 13.2 Å². The van der Waals surface area contributed by atoms with Gasteiger partial charge in [-0.05, 0) is 55.5 Å². The second-order valence-corrected chi connectivity index (χ2v) is 9.34. The number of carbonyl (C=O) groups is 1. The lowest BCUT2D eigenvalue weighted by atomic mass is 9.91. The fraction of sp³-hybridized carbons (Fsp3) is 0.381. The summed E-state index contributed by atoms with van der Waals surface area (Å²) in [4.78, 5) is 14.9. The number of hydrogen-bond donors (Lipinski definition) is 1. The van der Waals surface area contributed by atoms with Gasteiger partial charge in [-0.1, -0.05) is 37.6 Å². The zero-order valence-corrected chi connectivity index (χ0v) is 16.8. The second kappa shape index (κ2) is 7.72. The fourth-order valence-corrected chi connectivity index (χ4v) is 4.71. The number of hydrogen-bond acceptors (Lipinski definition) is 3. The van der Waals surface area contributed by atoms with Crippen LogP contribution in [0, 0.1) is 18.8 Å². The molecule has 1 amide bonds. The van der Waals surface area contributed by atoms with E-state index < -0.39 is 10.0 Å². The lowest BCUT2D eigenvalue weighted by Gasteiger charge is -2.35. The van der Waals surface area contributed by atoms with Crippen molar-refractivity contribution in [3.05, 3.63) is 59.7 Å². The Morgan fingerprint density at radius 1 is 1.04 bits per heavy atom. The van der Waals surface area contributed by atoms with E-state index in [0.717, 1.165) is 25.1 Å². The number of carbonyl (C=O) groups excluding carboxylic acids is 1. The van der Waals surface area contributed by atoms with E-state index in [1.54, 1.807) is 48.5 Å². The third-order valence-corrected chi connectivity index (χ3v) is 6.25. The van der Waals surface area contributed by atoms with Gasteiger partial charge >= 0.3 is 0 Å². The van der Waals surface area contributed by atoms with Gasteiger partial charge in [-0.3, -0.25) is 9.52 Å². The Kier molecular flexibility index (Phi) is 5.56. The first-order chi connectivity index (χ1) is 12.7. The van der Waals surface area contributed by atoms with Crippen LogP contribution in [-0.2, 0) is 10.0 Å². The molecule has 3 rings (SSSR count). The largest absolute Gasteiger partial charge is 0.338 e. The van der Waals surface area contributed by atoms with Crippen molar-refractivity contribution in [1.29, 1.82) is 0 Å². The van der Waals surface area contributed by atoms with Gasteiger partial charge < -0.3 is 4.90 Å². The maximum Gasteiger partial charge on any atom is 0.261 e. The molecule has 144 valence electrons. The Bertz CT molecular complexity index is 913. The molecule has 0 unspecified atom stereocenters. The molecule has 1 aliphatic rings. The van der Waals surface area contributed by atoms with Crippen LogP contribution in [0.3, 0.4) is 0 Å². The van der Waals surface area contributed by atoms with Gasteiger partial charge in [0.25, 0.3) is 15.9 Å². The minimum absolute atomic E-state index is 0.0511. The number of amides is 1. The molecule has 0 radical (unpaired) electrons. The van der Waals surface area contributed by atoms with E-state index in [4.69, 9.17) is 0 Å². The van der Waals surface area contributed by atoms with E-state index in [-0.39, 0.29) is 10.8 Å². The van der Waals surface area contributed by atoms with E-state index in [9.17, 15) is 13.2 Å². The predicted molar refractivity (Wildman–Crippen MR) is 107 cm³/mol. The molecule has 27 heavy (non-hydrogen) atoms. The van der Waals surface area contributed by atoms with Gasteiger partial charge in [0.1, 0.15) is 0 Å². The Balaban J connectivity index is 1.79. The number of anilines is 1. The molecule has 0 bridgehead atoms. The molecule has 1 N–H and O–H groups in total. The molecule has 2 aromatic rings. The highest BCUT2D eigenvalue weighted by Crippen LogP contribution is 2.24. The maximum absolute atomic E-state index is 12.9. The van der Waals surface area contributed by atoms with Gasteiger partial charge in [-0.25, -0.2) is 8.42 Å². The number of piperidine rings is 1. The summed E-state index contributed by atoms with van der Waals surface area (Å²) < 4.78 is 27.7. The molecule has 0 aliphatic carbocycles. The molecule has 1 aliphatic heterocycles. The molecule has 0 aromatic heterocycles. The first-order valence-corrected chi connectivity index (χ1v) is 10.7. The van der Waals surface area contributed by atoms with Crippen LogP contribution in [0.2, 0.25) is 0 Å². The summed E-state index contributed by atoms with van der Waals surface area (Å²) in [6.45, 7) is 7.69. The average Bonchev–Trinajstić information content (AvgIpc) is 2.60. The topological polar surface area (TPSA) is 66.5 Å². The van der Waals surface area contributed by atoms with Crippen molar-refractivity contribution in [2.75, 3.05) is 17.8 Å². The third kappa shape index (κ3) is 4.69. The van der Waals surface area contributed by atoms with Gasteiger partial charge in [0.2, 0.25) is 0 Å². The van der Waals surface area contributed by atoms with Crippen LogP contribution in [0.4, 0.5) is 5.69 Å². The number of nitrogens with zero attached hydrogens (tertiary/aromatic N) is 1. The Hall–Kier alpha value is -2.34. The van der Waals surface area contributed by atoms with Crippen LogP contribution in [0.25, 0.3) is 0 Å². The standard InChI is InChI=1S/C21H26N2O3S/c1-15-7-9-20(10-8-15)27(25,26)22-19-6-4-5-18(12-19)21(24)23-13-16(2)11-17(3)14-23/h4-10,12,16-17,22H,11,13-14H2,1-3H3/t16-,17-/m0/s1. The second-order valence-electron chi connectivity index (χ2n) is 7.66. The molecular weight excluding hydrogens is 360 g/mol. The third-order valence-electron chi connectivity index (χ3n) is 4.85. The summed E-state index contributed by atoms with van der Waals surface area (Å²) in [5, 5.41) is 0. The lowest BCUT2D eigenvalue weighted by molar-refractivity contribution is 0.0623. The van der Waals surface area contributed by atoms with Gasteiger partial charge in [-0.2, -0.15) is 0 Å². The Labute approximate surface area is 161 Å². The van der Waals surface area contributed by atoms with Crippen LogP contribution in [0.1, 0.15) is 36.2 Å². The molecule has 1 fully saturated rings. The highest BCUT2D eigenvalue weighted by Gasteiger charge is 2.26. The summed E-state index contributed by atoms with van der Waals surface area (Å²) in [5.74, 6) is 0.895. The molecule has 2 atom stereocenters. The van der Waals surface area contributed by atoms with Gasteiger partial charge in [0.15, 0.2) is 0 Å². The molecule has 0 saturated carbocycles. The van der Waals surface area contributed by atoms with Crippen LogP contribution >= 0.6 is 0 Å². The highest BCUT2D eigenvalue weighted by atomic mass is 32.2. The first-order valence-electron chi connectivity index (χ1n) is 9.23. The minimum atomic E-state index is -3.69. The molecular formula is C21H26N2O3S. The fourth-order valence-electron chi connectivity index (χ4n) is 3.66. The van der Waals surface area contributed by atoms with Crippen molar-refractivity contribution in [3.8, 4) is 0 Å². The number of likely N-dealkylation sites (tertiary alicyclic amines) is 1. The van der Waals surface area contributed by atoms with Crippen LogP contribution < -0.4 is 4.72 Å². The zero-order valence-electron chi connectivity index (χ0n) is 16.0. The van der Waals surface area contributed by atoms with Gasteiger partial charge in [0, 0.05) is 24.3 Å². The molecule has 1 saturated heterocycles. The van der Waals surface area contributed by atoms with E-state index >= 15 is 0 Å². The van der Waals surface area contributed by atoms with Crippen LogP contribution in [0.5, 0.6) is 0 Å². The van der Waals surface area contributed by atoms with Crippen molar-refractivity contribution in [2.24, 2.45) is 11.8 Å². The monoisotopic (exact) mass is 386 g/mol. The maximum atomic E-state index is 12.9. The summed E-state index contributed by atoms with van der Waals surface area (Å²) >= 11 is 0. The summed E-state index contributed by atoms with van der Waals surface area (Å²) in [6, 6.07) is 13.4.